The highest BCUT2D eigenvalue weighted by molar-refractivity contribution is 7.17. The number of carbonyl (C=O) groups is 2. The number of methoxy groups -OCH3 is 1. The zero-order valence-corrected chi connectivity index (χ0v) is 16.6. The van der Waals surface area contributed by atoms with Crippen molar-refractivity contribution < 1.29 is 14.3 Å². The summed E-state index contributed by atoms with van der Waals surface area (Å²) < 4.78 is 4.99. The fourth-order valence-corrected chi connectivity index (χ4v) is 5.30. The Morgan fingerprint density at radius 2 is 1.93 bits per heavy atom. The van der Waals surface area contributed by atoms with Crippen LogP contribution in [0.4, 0.5) is 5.00 Å². The Morgan fingerprint density at radius 3 is 2.70 bits per heavy atom. The first-order valence-corrected chi connectivity index (χ1v) is 10.2. The topological polar surface area (TPSA) is 58.6 Å². The van der Waals surface area contributed by atoms with Crippen molar-refractivity contribution in [2.75, 3.05) is 26.0 Å². The Balaban J connectivity index is 1.64. The Hall–Kier alpha value is -2.18. The standard InChI is InChI=1S/C21H24N2O3S/c1-23-10-9-16-17(12-23)27-20(18(16)21(25)26-2)22-19(24)15-8-7-13-5-3-4-6-14(13)11-15/h7-8,11H,3-6,9-10,12H2,1-2H3,(H,22,24). The molecule has 2 heterocycles. The van der Waals surface area contributed by atoms with Gasteiger partial charge in [0.15, 0.2) is 0 Å². The Morgan fingerprint density at radius 1 is 1.15 bits per heavy atom. The van der Waals surface area contributed by atoms with E-state index in [2.05, 4.69) is 23.3 Å². The van der Waals surface area contributed by atoms with Gasteiger partial charge in [-0.2, -0.15) is 0 Å². The Kier molecular flexibility index (Phi) is 5.02. The number of nitrogens with one attached hydrogen (secondary N) is 1. The summed E-state index contributed by atoms with van der Waals surface area (Å²) >= 11 is 1.49. The molecule has 0 fully saturated rings. The molecule has 0 atom stereocenters. The lowest BCUT2D eigenvalue weighted by molar-refractivity contribution is 0.0600. The van der Waals surface area contributed by atoms with Gasteiger partial charge in [-0.15, -0.1) is 11.3 Å². The van der Waals surface area contributed by atoms with Gasteiger partial charge in [-0.05, 0) is 68.0 Å². The van der Waals surface area contributed by atoms with Crippen LogP contribution < -0.4 is 5.32 Å². The average molecular weight is 385 g/mol. The number of hydrogen-bond donors (Lipinski definition) is 1. The summed E-state index contributed by atoms with van der Waals surface area (Å²) in [6.45, 7) is 1.69. The normalized spacial score (nSPS) is 16.4. The first-order valence-electron chi connectivity index (χ1n) is 9.41. The monoisotopic (exact) mass is 384 g/mol. The second kappa shape index (κ2) is 7.44. The van der Waals surface area contributed by atoms with Gasteiger partial charge in [0.25, 0.3) is 5.91 Å². The van der Waals surface area contributed by atoms with E-state index >= 15 is 0 Å². The number of aryl methyl sites for hydroxylation is 2. The number of benzene rings is 1. The molecule has 27 heavy (non-hydrogen) atoms. The van der Waals surface area contributed by atoms with Crippen LogP contribution in [0.1, 0.15) is 55.1 Å². The summed E-state index contributed by atoms with van der Waals surface area (Å²) in [6, 6.07) is 5.96. The molecule has 1 aliphatic carbocycles. The molecular weight excluding hydrogens is 360 g/mol. The van der Waals surface area contributed by atoms with Gasteiger partial charge in [-0.25, -0.2) is 4.79 Å². The summed E-state index contributed by atoms with van der Waals surface area (Å²) in [5, 5.41) is 3.58. The van der Waals surface area contributed by atoms with Crippen molar-refractivity contribution in [3.63, 3.8) is 0 Å². The molecule has 1 aliphatic heterocycles. The molecule has 1 N–H and O–H groups in total. The minimum Gasteiger partial charge on any atom is -0.465 e. The zero-order valence-electron chi connectivity index (χ0n) is 15.8. The number of fused-ring (bicyclic) bond motifs is 2. The molecular formula is C21H24N2O3S. The van der Waals surface area contributed by atoms with Crippen LogP contribution in [0.15, 0.2) is 18.2 Å². The van der Waals surface area contributed by atoms with Gasteiger partial charge in [-0.1, -0.05) is 6.07 Å². The molecule has 4 rings (SSSR count). The Bertz CT molecular complexity index is 903. The van der Waals surface area contributed by atoms with E-state index in [1.165, 1.54) is 42.4 Å². The van der Waals surface area contributed by atoms with Gasteiger partial charge in [0, 0.05) is 23.5 Å². The second-order valence-electron chi connectivity index (χ2n) is 7.33. The summed E-state index contributed by atoms with van der Waals surface area (Å²) in [5.41, 5.74) is 4.81. The van der Waals surface area contributed by atoms with Crippen molar-refractivity contribution >= 4 is 28.2 Å². The number of hydrogen-bond acceptors (Lipinski definition) is 5. The number of rotatable bonds is 3. The quantitative estimate of drug-likeness (QED) is 0.821. The van der Waals surface area contributed by atoms with Crippen molar-refractivity contribution in [3.05, 3.63) is 50.9 Å². The van der Waals surface area contributed by atoms with Crippen LogP contribution in [0.5, 0.6) is 0 Å². The van der Waals surface area contributed by atoms with Crippen LogP contribution in [-0.2, 0) is 30.5 Å². The van der Waals surface area contributed by atoms with Crippen molar-refractivity contribution in [2.45, 2.75) is 38.6 Å². The van der Waals surface area contributed by atoms with Gasteiger partial charge in [0.05, 0.1) is 12.7 Å². The number of thiophene rings is 1. The van der Waals surface area contributed by atoms with E-state index < -0.39 is 0 Å². The molecule has 1 aromatic heterocycles. The first kappa shape index (κ1) is 18.2. The highest BCUT2D eigenvalue weighted by Crippen LogP contribution is 2.37. The third-order valence-electron chi connectivity index (χ3n) is 5.48. The third-order valence-corrected chi connectivity index (χ3v) is 6.61. The number of ether oxygens (including phenoxy) is 1. The number of carbonyl (C=O) groups excluding carboxylic acids is 2. The van der Waals surface area contributed by atoms with Crippen LogP contribution in [0.3, 0.4) is 0 Å². The minimum atomic E-state index is -0.377. The predicted octanol–water partition coefficient (Wildman–Crippen LogP) is 3.65. The molecule has 2 aliphatic rings. The zero-order chi connectivity index (χ0) is 19.0. The molecule has 0 unspecified atom stereocenters. The average Bonchev–Trinajstić information content (AvgIpc) is 3.03. The summed E-state index contributed by atoms with van der Waals surface area (Å²) in [5.74, 6) is -0.543. The summed E-state index contributed by atoms with van der Waals surface area (Å²) in [7, 11) is 3.45. The van der Waals surface area contributed by atoms with Crippen molar-refractivity contribution in [2.24, 2.45) is 0 Å². The third kappa shape index (κ3) is 3.51. The van der Waals surface area contributed by atoms with Gasteiger partial charge in [-0.3, -0.25) is 4.79 Å². The number of anilines is 1. The highest BCUT2D eigenvalue weighted by Gasteiger charge is 2.28. The minimum absolute atomic E-state index is 0.166. The van der Waals surface area contributed by atoms with Gasteiger partial charge in [0.2, 0.25) is 0 Å². The molecule has 0 radical (unpaired) electrons. The molecule has 0 spiro atoms. The molecule has 0 bridgehead atoms. The molecule has 1 amide bonds. The lowest BCUT2D eigenvalue weighted by Crippen LogP contribution is -2.26. The number of nitrogens with zero attached hydrogens (tertiary/aromatic N) is 1. The maximum Gasteiger partial charge on any atom is 0.341 e. The predicted molar refractivity (Wildman–Crippen MR) is 107 cm³/mol. The van der Waals surface area contributed by atoms with E-state index in [-0.39, 0.29) is 11.9 Å². The number of likely N-dealkylation sites (N-methyl/N-ethyl adjacent to an activating group) is 1. The molecule has 2 aromatic rings. The molecule has 0 saturated carbocycles. The van der Waals surface area contributed by atoms with Crippen LogP contribution in [0, 0.1) is 0 Å². The smallest absolute Gasteiger partial charge is 0.341 e. The largest absolute Gasteiger partial charge is 0.465 e. The van der Waals surface area contributed by atoms with Crippen molar-refractivity contribution in [1.29, 1.82) is 0 Å². The first-order chi connectivity index (χ1) is 13.1. The maximum absolute atomic E-state index is 12.9. The van der Waals surface area contributed by atoms with Crippen LogP contribution in [0.25, 0.3) is 0 Å². The molecule has 142 valence electrons. The van der Waals surface area contributed by atoms with E-state index in [0.717, 1.165) is 42.8 Å². The Labute approximate surface area is 163 Å². The summed E-state index contributed by atoms with van der Waals surface area (Å²) in [6.07, 6.45) is 5.31. The number of esters is 1. The molecule has 5 nitrogen and oxygen atoms in total. The molecule has 1 aromatic carbocycles. The highest BCUT2D eigenvalue weighted by atomic mass is 32.1. The van der Waals surface area contributed by atoms with Crippen molar-refractivity contribution in [3.8, 4) is 0 Å². The van der Waals surface area contributed by atoms with E-state index in [1.54, 1.807) is 0 Å². The van der Waals surface area contributed by atoms with Gasteiger partial charge < -0.3 is 15.0 Å². The van der Waals surface area contributed by atoms with Crippen LogP contribution >= 0.6 is 11.3 Å². The number of amides is 1. The van der Waals surface area contributed by atoms with E-state index in [4.69, 9.17) is 4.74 Å². The lowest BCUT2D eigenvalue weighted by atomic mass is 9.90. The lowest BCUT2D eigenvalue weighted by Gasteiger charge is -2.22. The van der Waals surface area contributed by atoms with Gasteiger partial charge in [0.1, 0.15) is 5.00 Å². The fraction of sp³-hybridized carbons (Fsp3) is 0.429. The van der Waals surface area contributed by atoms with Crippen LogP contribution in [0.2, 0.25) is 0 Å². The van der Waals surface area contributed by atoms with E-state index in [1.807, 2.05) is 12.1 Å². The molecule has 0 saturated heterocycles. The van der Waals surface area contributed by atoms with Gasteiger partial charge >= 0.3 is 5.97 Å². The van der Waals surface area contributed by atoms with Crippen molar-refractivity contribution in [1.82, 2.24) is 4.90 Å². The SMILES string of the molecule is COC(=O)c1c(NC(=O)c2ccc3c(c2)CCCC3)sc2c1CCN(C)C2. The molecule has 6 heteroatoms. The van der Waals surface area contributed by atoms with E-state index in [0.29, 0.717) is 16.1 Å². The fourth-order valence-electron chi connectivity index (χ4n) is 3.99. The van der Waals surface area contributed by atoms with E-state index in [9.17, 15) is 9.59 Å². The summed E-state index contributed by atoms with van der Waals surface area (Å²) in [4.78, 5) is 28.6. The second-order valence-corrected chi connectivity index (χ2v) is 8.44. The maximum atomic E-state index is 12.9. The van der Waals surface area contributed by atoms with Crippen LogP contribution in [-0.4, -0.2) is 37.5 Å².